The predicted octanol–water partition coefficient (Wildman–Crippen LogP) is 2.98. The Hall–Kier alpha value is -1.95. The fourth-order valence-corrected chi connectivity index (χ4v) is 1.91. The minimum absolute atomic E-state index is 0.250. The number of methoxy groups -OCH3 is 1. The summed E-state index contributed by atoms with van der Waals surface area (Å²) in [6.45, 7) is 4.91. The zero-order valence-electron chi connectivity index (χ0n) is 12.4. The Morgan fingerprint density at radius 1 is 1.43 bits per heavy atom. The monoisotopic (exact) mass is 314 g/mol. The van der Waals surface area contributed by atoms with Crippen LogP contribution in [0.2, 0.25) is 5.02 Å². The number of anilines is 1. The smallest absolute Gasteiger partial charge is 0.323 e. The molecule has 0 saturated carbocycles. The molecule has 0 aliphatic rings. The fourth-order valence-electron chi connectivity index (χ4n) is 1.75. The van der Waals surface area contributed by atoms with E-state index in [1.165, 1.54) is 12.0 Å². The average Bonchev–Trinajstić information content (AvgIpc) is 2.39. The predicted molar refractivity (Wildman–Crippen MR) is 81.2 cm³/mol. The molecule has 0 aliphatic heterocycles. The number of halogens is 1. The molecule has 6 nitrogen and oxygen atoms in total. The number of aliphatic carboxylic acids is 1. The van der Waals surface area contributed by atoms with Crippen LogP contribution in [0.3, 0.4) is 0 Å². The summed E-state index contributed by atoms with van der Waals surface area (Å²) in [6.07, 6.45) is 0. The van der Waals surface area contributed by atoms with Crippen LogP contribution in [0.4, 0.5) is 10.5 Å². The van der Waals surface area contributed by atoms with Crippen LogP contribution in [-0.2, 0) is 4.79 Å². The van der Waals surface area contributed by atoms with E-state index >= 15 is 0 Å². The maximum atomic E-state index is 12.2. The molecule has 1 rings (SSSR count). The van der Waals surface area contributed by atoms with Crippen molar-refractivity contribution in [3.63, 3.8) is 0 Å². The van der Waals surface area contributed by atoms with Crippen molar-refractivity contribution in [3.8, 4) is 5.75 Å². The molecular weight excluding hydrogens is 296 g/mol. The van der Waals surface area contributed by atoms with Gasteiger partial charge < -0.3 is 20.1 Å². The van der Waals surface area contributed by atoms with E-state index in [9.17, 15) is 9.59 Å². The molecule has 2 N–H and O–H groups in total. The van der Waals surface area contributed by atoms with Crippen LogP contribution < -0.4 is 10.1 Å². The summed E-state index contributed by atoms with van der Waals surface area (Å²) < 4.78 is 5.17. The Bertz CT molecular complexity index is 546. The second-order valence-corrected chi connectivity index (χ2v) is 5.25. The first-order chi connectivity index (χ1) is 9.76. The van der Waals surface area contributed by atoms with E-state index in [1.54, 1.807) is 32.9 Å². The third-order valence-corrected chi connectivity index (χ3v) is 3.32. The maximum absolute atomic E-state index is 12.2. The summed E-state index contributed by atoms with van der Waals surface area (Å²) in [6, 6.07) is 2.52. The van der Waals surface area contributed by atoms with Gasteiger partial charge in [0.1, 0.15) is 12.3 Å². The topological polar surface area (TPSA) is 78.9 Å². The number of ether oxygens (including phenoxy) is 1. The Labute approximate surface area is 128 Å². The molecule has 0 aromatic heterocycles. The van der Waals surface area contributed by atoms with Crippen molar-refractivity contribution in [1.82, 2.24) is 4.90 Å². The molecule has 0 fully saturated rings. The van der Waals surface area contributed by atoms with Gasteiger partial charge in [-0.2, -0.15) is 0 Å². The van der Waals surface area contributed by atoms with Crippen LogP contribution in [0.1, 0.15) is 19.4 Å². The van der Waals surface area contributed by atoms with Gasteiger partial charge >= 0.3 is 12.0 Å². The van der Waals surface area contributed by atoms with Gasteiger partial charge in [-0.1, -0.05) is 11.6 Å². The second kappa shape index (κ2) is 7.17. The summed E-state index contributed by atoms with van der Waals surface area (Å²) in [5.41, 5.74) is 1.22. The zero-order chi connectivity index (χ0) is 16.2. The molecule has 0 spiro atoms. The lowest BCUT2D eigenvalue weighted by atomic mass is 10.2. The first kappa shape index (κ1) is 17.1. The lowest BCUT2D eigenvalue weighted by Gasteiger charge is -2.25. The van der Waals surface area contributed by atoms with E-state index in [0.29, 0.717) is 16.5 Å². The van der Waals surface area contributed by atoms with Gasteiger partial charge in [0.05, 0.1) is 12.8 Å². The molecule has 0 heterocycles. The number of nitrogens with one attached hydrogen (secondary N) is 1. The molecule has 116 valence electrons. The molecule has 0 bridgehead atoms. The van der Waals surface area contributed by atoms with Gasteiger partial charge in [-0.05, 0) is 32.4 Å². The number of urea groups is 1. The summed E-state index contributed by atoms with van der Waals surface area (Å²) in [5, 5.41) is 12.0. The zero-order valence-corrected chi connectivity index (χ0v) is 13.2. The van der Waals surface area contributed by atoms with E-state index in [2.05, 4.69) is 5.32 Å². The largest absolute Gasteiger partial charge is 0.495 e. The number of carboxylic acids is 1. The van der Waals surface area contributed by atoms with E-state index in [1.807, 2.05) is 0 Å². The van der Waals surface area contributed by atoms with Gasteiger partial charge in [0.15, 0.2) is 0 Å². The number of carbonyl (C=O) groups excluding carboxylic acids is 1. The number of rotatable bonds is 5. The summed E-state index contributed by atoms with van der Waals surface area (Å²) in [7, 11) is 1.47. The van der Waals surface area contributed by atoms with Crippen molar-refractivity contribution in [2.75, 3.05) is 19.0 Å². The highest BCUT2D eigenvalue weighted by Gasteiger charge is 2.21. The standard InChI is InChI=1S/C14H19ClN2O4/c1-8(2)17(7-13(18)19)14(20)16-11-5-9(3)10(15)6-12(11)21-4/h5-6,8H,7H2,1-4H3,(H,16,20)(H,18,19). The molecule has 1 aromatic rings. The third-order valence-electron chi connectivity index (χ3n) is 2.91. The molecule has 1 aromatic carbocycles. The maximum Gasteiger partial charge on any atom is 0.323 e. The Morgan fingerprint density at radius 3 is 2.52 bits per heavy atom. The van der Waals surface area contributed by atoms with E-state index in [4.69, 9.17) is 21.4 Å². The van der Waals surface area contributed by atoms with Crippen molar-refractivity contribution in [2.45, 2.75) is 26.8 Å². The molecule has 0 saturated heterocycles. The number of benzene rings is 1. The van der Waals surface area contributed by atoms with E-state index in [-0.39, 0.29) is 12.6 Å². The van der Waals surface area contributed by atoms with Crippen LogP contribution in [-0.4, -0.2) is 41.7 Å². The van der Waals surface area contributed by atoms with Gasteiger partial charge in [-0.3, -0.25) is 4.79 Å². The lowest BCUT2D eigenvalue weighted by molar-refractivity contribution is -0.137. The van der Waals surface area contributed by atoms with Crippen molar-refractivity contribution in [2.24, 2.45) is 0 Å². The van der Waals surface area contributed by atoms with Gasteiger partial charge in [-0.25, -0.2) is 4.79 Å². The van der Waals surface area contributed by atoms with Gasteiger partial charge in [0.25, 0.3) is 0 Å². The Kier molecular flexibility index (Phi) is 5.84. The first-order valence-electron chi connectivity index (χ1n) is 6.39. The first-order valence-corrected chi connectivity index (χ1v) is 6.77. The Balaban J connectivity index is 3.00. The number of hydrogen-bond donors (Lipinski definition) is 2. The number of amides is 2. The molecule has 0 aliphatic carbocycles. The molecule has 0 atom stereocenters. The minimum Gasteiger partial charge on any atom is -0.495 e. The number of carboxylic acid groups (broad SMARTS) is 1. The van der Waals surface area contributed by atoms with Crippen LogP contribution in [0.5, 0.6) is 5.75 Å². The minimum atomic E-state index is -1.07. The summed E-state index contributed by atoms with van der Waals surface area (Å²) in [4.78, 5) is 24.3. The van der Waals surface area contributed by atoms with Gasteiger partial charge in [0.2, 0.25) is 0 Å². The third kappa shape index (κ3) is 4.53. The van der Waals surface area contributed by atoms with Gasteiger partial charge in [0, 0.05) is 17.1 Å². The van der Waals surface area contributed by atoms with Crippen LogP contribution in [0, 0.1) is 6.92 Å². The highest BCUT2D eigenvalue weighted by Crippen LogP contribution is 2.31. The number of hydrogen-bond acceptors (Lipinski definition) is 3. The van der Waals surface area contributed by atoms with E-state index in [0.717, 1.165) is 5.56 Å². The highest BCUT2D eigenvalue weighted by atomic mass is 35.5. The summed E-state index contributed by atoms with van der Waals surface area (Å²) in [5.74, 6) is -0.656. The second-order valence-electron chi connectivity index (χ2n) is 4.85. The number of nitrogens with zero attached hydrogens (tertiary/aromatic N) is 1. The number of carbonyl (C=O) groups is 2. The van der Waals surface area contributed by atoms with Crippen LogP contribution in [0.25, 0.3) is 0 Å². The molecule has 21 heavy (non-hydrogen) atoms. The molecule has 2 amide bonds. The van der Waals surface area contributed by atoms with Crippen molar-refractivity contribution in [1.29, 1.82) is 0 Å². The van der Waals surface area contributed by atoms with Crippen molar-refractivity contribution >= 4 is 29.3 Å². The quantitative estimate of drug-likeness (QED) is 0.875. The molecule has 7 heteroatoms. The average molecular weight is 315 g/mol. The molecule has 0 radical (unpaired) electrons. The fraction of sp³-hybridized carbons (Fsp3) is 0.429. The van der Waals surface area contributed by atoms with Crippen LogP contribution >= 0.6 is 11.6 Å². The molecule has 0 unspecified atom stereocenters. The SMILES string of the molecule is COc1cc(Cl)c(C)cc1NC(=O)N(CC(=O)O)C(C)C. The normalized spacial score (nSPS) is 10.4. The van der Waals surface area contributed by atoms with Crippen molar-refractivity contribution in [3.05, 3.63) is 22.7 Å². The Morgan fingerprint density at radius 2 is 2.05 bits per heavy atom. The van der Waals surface area contributed by atoms with Crippen molar-refractivity contribution < 1.29 is 19.4 Å². The van der Waals surface area contributed by atoms with Gasteiger partial charge in [-0.15, -0.1) is 0 Å². The highest BCUT2D eigenvalue weighted by molar-refractivity contribution is 6.31. The van der Waals surface area contributed by atoms with E-state index < -0.39 is 12.0 Å². The number of aryl methyl sites for hydroxylation is 1. The van der Waals surface area contributed by atoms with Crippen LogP contribution in [0.15, 0.2) is 12.1 Å². The summed E-state index contributed by atoms with van der Waals surface area (Å²) >= 11 is 6.00. The lowest BCUT2D eigenvalue weighted by Crippen LogP contribution is -2.43. The molecular formula is C14H19ClN2O4.